The van der Waals surface area contributed by atoms with Crippen LogP contribution in [0, 0.1) is 0 Å². The summed E-state index contributed by atoms with van der Waals surface area (Å²) < 4.78 is 7.22. The maximum absolute atomic E-state index is 6.34. The first-order valence-electron chi connectivity index (χ1n) is 6.92. The van der Waals surface area contributed by atoms with Crippen LogP contribution in [0.15, 0.2) is 60.0 Å². The molecule has 0 radical (unpaired) electrons. The number of aromatic nitrogens is 2. The van der Waals surface area contributed by atoms with Crippen molar-refractivity contribution in [3.8, 4) is 11.4 Å². The van der Waals surface area contributed by atoms with Gasteiger partial charge in [-0.3, -0.25) is 4.57 Å². The van der Waals surface area contributed by atoms with Crippen molar-refractivity contribution >= 4 is 35.0 Å². The zero-order chi connectivity index (χ0) is 16.2. The Kier molecular flexibility index (Phi) is 5.16. The SMILES string of the molecule is COc1cc(-n2ccnc2SCc2ccccc2)c(Cl)cc1Cl. The molecule has 2 aromatic carbocycles. The summed E-state index contributed by atoms with van der Waals surface area (Å²) in [4.78, 5) is 4.42. The Morgan fingerprint density at radius 3 is 2.65 bits per heavy atom. The minimum atomic E-state index is 0.486. The highest BCUT2D eigenvalue weighted by Crippen LogP contribution is 2.35. The van der Waals surface area contributed by atoms with Gasteiger partial charge in [0.25, 0.3) is 0 Å². The zero-order valence-electron chi connectivity index (χ0n) is 12.4. The van der Waals surface area contributed by atoms with Crippen LogP contribution < -0.4 is 4.74 Å². The summed E-state index contributed by atoms with van der Waals surface area (Å²) >= 11 is 14.1. The molecule has 0 atom stereocenters. The van der Waals surface area contributed by atoms with E-state index in [1.807, 2.05) is 35.0 Å². The lowest BCUT2D eigenvalue weighted by Crippen LogP contribution is -1.98. The van der Waals surface area contributed by atoms with E-state index in [0.29, 0.717) is 15.8 Å². The molecule has 118 valence electrons. The third-order valence-electron chi connectivity index (χ3n) is 3.30. The molecule has 0 fully saturated rings. The predicted octanol–water partition coefficient (Wildman–Crippen LogP) is 5.48. The Balaban J connectivity index is 1.89. The topological polar surface area (TPSA) is 27.1 Å². The second kappa shape index (κ2) is 7.30. The normalized spacial score (nSPS) is 10.7. The molecule has 3 aromatic rings. The maximum atomic E-state index is 6.34. The molecule has 0 aliphatic carbocycles. The van der Waals surface area contributed by atoms with Gasteiger partial charge in [-0.15, -0.1) is 0 Å². The van der Waals surface area contributed by atoms with E-state index in [4.69, 9.17) is 27.9 Å². The first-order chi connectivity index (χ1) is 11.2. The van der Waals surface area contributed by atoms with E-state index in [0.717, 1.165) is 16.6 Å². The number of halogens is 2. The molecule has 0 aliphatic rings. The van der Waals surface area contributed by atoms with Crippen molar-refractivity contribution in [2.24, 2.45) is 0 Å². The van der Waals surface area contributed by atoms with Crippen LogP contribution in [0.25, 0.3) is 5.69 Å². The second-order valence-corrected chi connectivity index (χ2v) is 6.55. The minimum Gasteiger partial charge on any atom is -0.495 e. The van der Waals surface area contributed by atoms with Gasteiger partial charge in [0.15, 0.2) is 5.16 Å². The van der Waals surface area contributed by atoms with E-state index in [1.54, 1.807) is 31.1 Å². The van der Waals surface area contributed by atoms with Crippen molar-refractivity contribution in [3.05, 3.63) is 70.5 Å². The minimum absolute atomic E-state index is 0.486. The zero-order valence-corrected chi connectivity index (χ0v) is 14.7. The number of hydrogen-bond acceptors (Lipinski definition) is 3. The van der Waals surface area contributed by atoms with Crippen molar-refractivity contribution in [1.29, 1.82) is 0 Å². The van der Waals surface area contributed by atoms with Crippen LogP contribution in [-0.2, 0) is 5.75 Å². The molecule has 1 heterocycles. The monoisotopic (exact) mass is 364 g/mol. The molecular weight excluding hydrogens is 351 g/mol. The largest absolute Gasteiger partial charge is 0.495 e. The summed E-state index contributed by atoms with van der Waals surface area (Å²) in [6, 6.07) is 13.8. The molecule has 0 saturated carbocycles. The van der Waals surface area contributed by atoms with Crippen molar-refractivity contribution < 1.29 is 4.74 Å². The Morgan fingerprint density at radius 2 is 1.91 bits per heavy atom. The molecular formula is C17H14Cl2N2OS. The van der Waals surface area contributed by atoms with Crippen LogP contribution in [0.5, 0.6) is 5.75 Å². The molecule has 0 amide bonds. The lowest BCUT2D eigenvalue weighted by molar-refractivity contribution is 0.415. The van der Waals surface area contributed by atoms with Gasteiger partial charge < -0.3 is 4.74 Å². The third-order valence-corrected chi connectivity index (χ3v) is 4.93. The van der Waals surface area contributed by atoms with Crippen molar-refractivity contribution in [2.75, 3.05) is 7.11 Å². The lowest BCUT2D eigenvalue weighted by atomic mass is 10.2. The first-order valence-corrected chi connectivity index (χ1v) is 8.66. The summed E-state index contributed by atoms with van der Waals surface area (Å²) in [5.41, 5.74) is 2.04. The molecule has 6 heteroatoms. The molecule has 0 aliphatic heterocycles. The van der Waals surface area contributed by atoms with Gasteiger partial charge in [0, 0.05) is 24.2 Å². The van der Waals surface area contributed by atoms with E-state index < -0.39 is 0 Å². The van der Waals surface area contributed by atoms with Gasteiger partial charge in [-0.2, -0.15) is 0 Å². The van der Waals surface area contributed by atoms with E-state index in [2.05, 4.69) is 17.1 Å². The molecule has 0 saturated heterocycles. The predicted molar refractivity (Wildman–Crippen MR) is 96.1 cm³/mol. The van der Waals surface area contributed by atoms with Crippen molar-refractivity contribution in [3.63, 3.8) is 0 Å². The molecule has 0 N–H and O–H groups in total. The average Bonchev–Trinajstić information content (AvgIpc) is 3.02. The molecule has 0 unspecified atom stereocenters. The van der Waals surface area contributed by atoms with Crippen molar-refractivity contribution in [2.45, 2.75) is 10.9 Å². The highest BCUT2D eigenvalue weighted by molar-refractivity contribution is 7.98. The Bertz CT molecular complexity index is 806. The van der Waals surface area contributed by atoms with Gasteiger partial charge in [0.1, 0.15) is 5.75 Å². The fourth-order valence-electron chi connectivity index (χ4n) is 2.16. The van der Waals surface area contributed by atoms with E-state index in [9.17, 15) is 0 Å². The standard InChI is InChI=1S/C17H14Cl2N2OS/c1-22-16-10-15(13(18)9-14(16)19)21-8-7-20-17(21)23-11-12-5-3-2-4-6-12/h2-10H,11H2,1H3. The smallest absolute Gasteiger partial charge is 0.172 e. The average molecular weight is 365 g/mol. The van der Waals surface area contributed by atoms with Crippen LogP contribution in [0.3, 0.4) is 0 Å². The number of methoxy groups -OCH3 is 1. The Morgan fingerprint density at radius 1 is 1.13 bits per heavy atom. The highest BCUT2D eigenvalue weighted by atomic mass is 35.5. The number of ether oxygens (including phenoxy) is 1. The molecule has 3 rings (SSSR count). The number of benzene rings is 2. The second-order valence-electron chi connectivity index (χ2n) is 4.79. The van der Waals surface area contributed by atoms with Crippen LogP contribution in [0.1, 0.15) is 5.56 Å². The summed E-state index contributed by atoms with van der Waals surface area (Å²) in [5.74, 6) is 1.42. The van der Waals surface area contributed by atoms with Gasteiger partial charge >= 0.3 is 0 Å². The molecule has 1 aromatic heterocycles. The van der Waals surface area contributed by atoms with Gasteiger partial charge in [0.2, 0.25) is 0 Å². The summed E-state index contributed by atoms with van der Waals surface area (Å²) in [5, 5.41) is 1.90. The summed E-state index contributed by atoms with van der Waals surface area (Å²) in [7, 11) is 1.58. The maximum Gasteiger partial charge on any atom is 0.172 e. The molecule has 3 nitrogen and oxygen atoms in total. The first kappa shape index (κ1) is 16.2. The highest BCUT2D eigenvalue weighted by Gasteiger charge is 2.13. The number of hydrogen-bond donors (Lipinski definition) is 0. The van der Waals surface area contributed by atoms with Gasteiger partial charge in [0.05, 0.1) is 22.8 Å². The number of rotatable bonds is 5. The van der Waals surface area contributed by atoms with Crippen LogP contribution in [0.2, 0.25) is 10.0 Å². The summed E-state index contributed by atoms with van der Waals surface area (Å²) in [6.07, 6.45) is 3.63. The fraction of sp³-hybridized carbons (Fsp3) is 0.118. The number of nitrogens with zero attached hydrogens (tertiary/aromatic N) is 2. The van der Waals surface area contributed by atoms with Gasteiger partial charge in [-0.05, 0) is 11.6 Å². The van der Waals surface area contributed by atoms with Crippen LogP contribution in [-0.4, -0.2) is 16.7 Å². The van der Waals surface area contributed by atoms with E-state index in [-0.39, 0.29) is 0 Å². The Labute approximate surface area is 149 Å². The third kappa shape index (κ3) is 3.66. The van der Waals surface area contributed by atoms with E-state index in [1.165, 1.54) is 5.56 Å². The molecule has 23 heavy (non-hydrogen) atoms. The van der Waals surface area contributed by atoms with Gasteiger partial charge in [-0.1, -0.05) is 65.3 Å². The lowest BCUT2D eigenvalue weighted by Gasteiger charge is -2.12. The van der Waals surface area contributed by atoms with Crippen LogP contribution in [0.4, 0.5) is 0 Å². The quantitative estimate of drug-likeness (QED) is 0.560. The van der Waals surface area contributed by atoms with Crippen LogP contribution >= 0.6 is 35.0 Å². The summed E-state index contributed by atoms with van der Waals surface area (Å²) in [6.45, 7) is 0. The Hall–Kier alpha value is -1.62. The fourth-order valence-corrected chi connectivity index (χ4v) is 3.63. The van der Waals surface area contributed by atoms with Gasteiger partial charge in [-0.25, -0.2) is 4.98 Å². The molecule has 0 spiro atoms. The number of imidazole rings is 1. The molecule has 0 bridgehead atoms. The van der Waals surface area contributed by atoms with Crippen molar-refractivity contribution in [1.82, 2.24) is 9.55 Å². The number of thioether (sulfide) groups is 1. The van der Waals surface area contributed by atoms with E-state index >= 15 is 0 Å².